The second kappa shape index (κ2) is 8.45. The zero-order valence-electron chi connectivity index (χ0n) is 14.8. The second-order valence-electron chi connectivity index (χ2n) is 7.59. The lowest BCUT2D eigenvalue weighted by Gasteiger charge is -2.43. The number of carbonyl (C=O) groups excluding carboxylic acids is 2. The van der Waals surface area contributed by atoms with Gasteiger partial charge in [-0.15, -0.1) is 0 Å². The Balaban J connectivity index is 1.44. The van der Waals surface area contributed by atoms with Crippen LogP contribution in [-0.2, 0) is 19.1 Å². The summed E-state index contributed by atoms with van der Waals surface area (Å²) < 4.78 is 24.6. The van der Waals surface area contributed by atoms with Crippen LogP contribution in [0.1, 0.15) is 51.4 Å². The van der Waals surface area contributed by atoms with Gasteiger partial charge in [0.1, 0.15) is 6.17 Å². The third kappa shape index (κ3) is 4.70. The lowest BCUT2D eigenvalue weighted by atomic mass is 9.79. The molecule has 2 aliphatic carbocycles. The van der Waals surface area contributed by atoms with Crippen molar-refractivity contribution in [2.24, 2.45) is 5.92 Å². The highest BCUT2D eigenvalue weighted by atomic mass is 19.1. The van der Waals surface area contributed by atoms with Crippen molar-refractivity contribution in [1.82, 2.24) is 10.6 Å². The molecule has 1 saturated heterocycles. The van der Waals surface area contributed by atoms with E-state index >= 15 is 0 Å². The molecule has 0 aromatic carbocycles. The Kier molecular flexibility index (Phi) is 6.28. The number of nitrogens with one attached hydrogen (secondary N) is 2. The highest BCUT2D eigenvalue weighted by Crippen LogP contribution is 2.35. The first-order chi connectivity index (χ1) is 12.1. The first kappa shape index (κ1) is 18.6. The van der Waals surface area contributed by atoms with Gasteiger partial charge in [-0.3, -0.25) is 9.59 Å². The zero-order chi connectivity index (χ0) is 17.8. The molecule has 0 aromatic heterocycles. The molecule has 3 aliphatic rings. The minimum absolute atomic E-state index is 0.0941. The van der Waals surface area contributed by atoms with Crippen LogP contribution in [0.15, 0.2) is 0 Å². The molecule has 1 aliphatic heterocycles. The normalized spacial score (nSPS) is 38.5. The van der Waals surface area contributed by atoms with Crippen molar-refractivity contribution in [3.63, 3.8) is 0 Å². The number of methoxy groups -OCH3 is 1. The summed E-state index contributed by atoms with van der Waals surface area (Å²) in [6, 6.07) is -0.241. The molecule has 3 unspecified atom stereocenters. The number of hydrogen-bond donors (Lipinski definition) is 2. The maximum Gasteiger partial charge on any atom is 0.309 e. The highest BCUT2D eigenvalue weighted by Gasteiger charge is 2.40. The topological polar surface area (TPSA) is 76.7 Å². The molecule has 3 rings (SSSR count). The quantitative estimate of drug-likeness (QED) is 0.751. The maximum absolute atomic E-state index is 13.1. The number of hydrogen-bond acceptors (Lipinski definition) is 4. The molecular formula is C18H29FN2O4. The van der Waals surface area contributed by atoms with Gasteiger partial charge in [0.2, 0.25) is 0 Å². The summed E-state index contributed by atoms with van der Waals surface area (Å²) in [6.07, 6.45) is 5.52. The lowest BCUT2D eigenvalue weighted by Crippen LogP contribution is -2.54. The van der Waals surface area contributed by atoms with E-state index in [0.717, 1.165) is 25.7 Å². The van der Waals surface area contributed by atoms with Gasteiger partial charge in [0.25, 0.3) is 0 Å². The molecule has 0 spiro atoms. The Morgan fingerprint density at radius 2 is 1.68 bits per heavy atom. The van der Waals surface area contributed by atoms with Crippen LogP contribution in [0.5, 0.6) is 0 Å². The lowest BCUT2D eigenvalue weighted by molar-refractivity contribution is -0.147. The van der Waals surface area contributed by atoms with Gasteiger partial charge in [0, 0.05) is 13.2 Å². The Morgan fingerprint density at radius 3 is 2.36 bits per heavy atom. The largest absolute Gasteiger partial charge is 0.379 e. The molecule has 0 bridgehead atoms. The van der Waals surface area contributed by atoms with Crippen molar-refractivity contribution < 1.29 is 23.5 Å². The van der Waals surface area contributed by atoms with E-state index in [1.54, 1.807) is 7.11 Å². The summed E-state index contributed by atoms with van der Waals surface area (Å²) in [6.45, 7) is 0.410. The van der Waals surface area contributed by atoms with Gasteiger partial charge in [-0.05, 0) is 50.9 Å². The van der Waals surface area contributed by atoms with E-state index in [4.69, 9.17) is 9.47 Å². The van der Waals surface area contributed by atoms with Gasteiger partial charge in [0.15, 0.2) is 0 Å². The van der Waals surface area contributed by atoms with E-state index in [1.165, 1.54) is 0 Å². The van der Waals surface area contributed by atoms with E-state index in [9.17, 15) is 14.0 Å². The minimum atomic E-state index is -0.777. The highest BCUT2D eigenvalue weighted by molar-refractivity contribution is 6.35. The molecule has 6 nitrogen and oxygen atoms in total. The molecule has 0 aromatic rings. The summed E-state index contributed by atoms with van der Waals surface area (Å²) in [5.41, 5.74) is 0. The number of rotatable bonds is 3. The van der Waals surface area contributed by atoms with E-state index in [2.05, 4.69) is 10.6 Å². The monoisotopic (exact) mass is 356 g/mol. The fourth-order valence-corrected chi connectivity index (χ4v) is 4.42. The predicted octanol–water partition coefficient (Wildman–Crippen LogP) is 1.47. The van der Waals surface area contributed by atoms with Crippen molar-refractivity contribution in [3.05, 3.63) is 0 Å². The van der Waals surface area contributed by atoms with E-state index in [-0.39, 0.29) is 24.3 Å². The smallest absolute Gasteiger partial charge is 0.309 e. The van der Waals surface area contributed by atoms with Crippen LogP contribution in [0.25, 0.3) is 0 Å². The van der Waals surface area contributed by atoms with Crippen LogP contribution in [0.3, 0.4) is 0 Å². The predicted molar refractivity (Wildman–Crippen MR) is 89.7 cm³/mol. The number of ether oxygens (including phenoxy) is 2. The Labute approximate surface area is 148 Å². The van der Waals surface area contributed by atoms with E-state index in [0.29, 0.717) is 38.2 Å². The molecular weight excluding hydrogens is 327 g/mol. The molecule has 1 heterocycles. The van der Waals surface area contributed by atoms with Crippen molar-refractivity contribution >= 4 is 11.8 Å². The third-order valence-corrected chi connectivity index (χ3v) is 5.81. The molecule has 2 saturated carbocycles. The summed E-state index contributed by atoms with van der Waals surface area (Å²) in [7, 11) is 1.71. The van der Waals surface area contributed by atoms with Crippen molar-refractivity contribution in [2.45, 2.75) is 81.8 Å². The number of fused-ring (bicyclic) bond motifs is 1. The van der Waals surface area contributed by atoms with E-state index in [1.807, 2.05) is 0 Å². The SMILES string of the molecule is COC1CCCC2C[C@H](NC(=O)C(=O)NC3CCC(F)CC3)COC21. The number of alkyl halides is 1. The zero-order valence-corrected chi connectivity index (χ0v) is 14.8. The molecule has 4 atom stereocenters. The maximum atomic E-state index is 13.1. The van der Waals surface area contributed by atoms with E-state index < -0.39 is 18.0 Å². The Bertz CT molecular complexity index is 482. The number of halogens is 1. The average molecular weight is 356 g/mol. The average Bonchev–Trinajstić information content (AvgIpc) is 2.62. The summed E-state index contributed by atoms with van der Waals surface area (Å²) in [5.74, 6) is -0.878. The van der Waals surface area contributed by atoms with Crippen LogP contribution in [0.4, 0.5) is 4.39 Å². The summed E-state index contributed by atoms with van der Waals surface area (Å²) in [5, 5.41) is 5.51. The fourth-order valence-electron chi connectivity index (χ4n) is 4.42. The van der Waals surface area contributed by atoms with Gasteiger partial charge < -0.3 is 20.1 Å². The fraction of sp³-hybridized carbons (Fsp3) is 0.889. The second-order valence-corrected chi connectivity index (χ2v) is 7.59. The van der Waals surface area contributed by atoms with Crippen LogP contribution >= 0.6 is 0 Å². The molecule has 25 heavy (non-hydrogen) atoms. The molecule has 0 radical (unpaired) electrons. The van der Waals surface area contributed by atoms with Gasteiger partial charge in [0.05, 0.1) is 24.9 Å². The standard InChI is InChI=1S/C18H29FN2O4/c1-24-15-4-2-3-11-9-14(10-25-16(11)15)21-18(23)17(22)20-13-7-5-12(19)6-8-13/h11-16H,2-10H2,1H3,(H,20,22)(H,21,23)/t11?,12?,13?,14-,15?,16?/m0/s1. The third-order valence-electron chi connectivity index (χ3n) is 5.81. The molecule has 142 valence electrons. The Morgan fingerprint density at radius 1 is 1.00 bits per heavy atom. The first-order valence-corrected chi connectivity index (χ1v) is 9.46. The minimum Gasteiger partial charge on any atom is -0.379 e. The van der Waals surface area contributed by atoms with Crippen LogP contribution in [0, 0.1) is 5.92 Å². The molecule has 7 heteroatoms. The summed E-state index contributed by atoms with van der Waals surface area (Å²) in [4.78, 5) is 24.2. The van der Waals surface area contributed by atoms with Crippen LogP contribution < -0.4 is 10.6 Å². The van der Waals surface area contributed by atoms with Crippen LogP contribution in [-0.4, -0.2) is 56.0 Å². The summed E-state index contributed by atoms with van der Waals surface area (Å²) >= 11 is 0. The molecule has 2 N–H and O–H groups in total. The Hall–Kier alpha value is -1.21. The van der Waals surface area contributed by atoms with Crippen molar-refractivity contribution in [2.75, 3.05) is 13.7 Å². The van der Waals surface area contributed by atoms with Crippen LogP contribution in [0.2, 0.25) is 0 Å². The number of carbonyl (C=O) groups is 2. The van der Waals surface area contributed by atoms with Gasteiger partial charge in [-0.2, -0.15) is 0 Å². The van der Waals surface area contributed by atoms with Crippen molar-refractivity contribution in [3.8, 4) is 0 Å². The van der Waals surface area contributed by atoms with Crippen molar-refractivity contribution in [1.29, 1.82) is 0 Å². The van der Waals surface area contributed by atoms with Gasteiger partial charge in [-0.25, -0.2) is 4.39 Å². The first-order valence-electron chi connectivity index (χ1n) is 9.46. The molecule has 2 amide bonds. The number of amides is 2. The van der Waals surface area contributed by atoms with Gasteiger partial charge >= 0.3 is 11.8 Å². The van der Waals surface area contributed by atoms with Gasteiger partial charge in [-0.1, -0.05) is 6.42 Å². The molecule has 3 fully saturated rings.